The van der Waals surface area contributed by atoms with Crippen LogP contribution in [0.4, 0.5) is 4.79 Å². The van der Waals surface area contributed by atoms with E-state index in [9.17, 15) is 4.79 Å². The number of nitrogens with one attached hydrogen (secondary N) is 1. The first kappa shape index (κ1) is 14.9. The van der Waals surface area contributed by atoms with Crippen LogP contribution in [-0.4, -0.2) is 25.4 Å². The zero-order valence-electron chi connectivity index (χ0n) is 8.25. The number of hydrogen-bond donors (Lipinski definition) is 1. The van der Waals surface area contributed by atoms with Crippen molar-refractivity contribution in [2.24, 2.45) is 0 Å². The third-order valence-electron chi connectivity index (χ3n) is 1.13. The predicted octanol–water partition coefficient (Wildman–Crippen LogP) is 1.12. The number of ether oxygens (including phenoxy) is 1. The first-order valence-corrected chi connectivity index (χ1v) is 4.23. The van der Waals surface area contributed by atoms with Crippen molar-refractivity contribution < 1.29 is 19.1 Å². The summed E-state index contributed by atoms with van der Waals surface area (Å²) in [6.45, 7) is 6.45. The van der Waals surface area contributed by atoms with Crippen LogP contribution in [0.1, 0.15) is 19.8 Å². The Bertz CT molecular complexity index is 185. The third kappa shape index (κ3) is 16.8. The molecule has 0 aromatic rings. The summed E-state index contributed by atoms with van der Waals surface area (Å²) in [4.78, 5) is 26.9. The third-order valence-corrected chi connectivity index (χ3v) is 1.13. The van der Waals surface area contributed by atoms with Gasteiger partial charge in [0, 0.05) is 6.54 Å². The quantitative estimate of drug-likeness (QED) is 0.534. The van der Waals surface area contributed by atoms with Crippen LogP contribution in [-0.2, 0) is 14.3 Å². The molecule has 0 atom stereocenters. The number of rotatable bonds is 5. The fourth-order valence-electron chi connectivity index (χ4n) is 0.553. The molecule has 0 spiro atoms. The van der Waals surface area contributed by atoms with Crippen molar-refractivity contribution in [2.45, 2.75) is 19.8 Å². The van der Waals surface area contributed by atoms with E-state index in [4.69, 9.17) is 9.59 Å². The van der Waals surface area contributed by atoms with Gasteiger partial charge >= 0.3 is 12.2 Å². The van der Waals surface area contributed by atoms with E-state index in [1.807, 2.05) is 0 Å². The van der Waals surface area contributed by atoms with Crippen LogP contribution in [0.15, 0.2) is 12.7 Å². The fraction of sp³-hybridized carbons (Fsp3) is 0.556. The number of hydrogen-bond acceptors (Lipinski definition) is 4. The van der Waals surface area contributed by atoms with E-state index in [0.29, 0.717) is 6.54 Å². The second-order valence-corrected chi connectivity index (χ2v) is 2.25. The normalized spacial score (nSPS) is 7.50. The number of carbonyl (C=O) groups excluding carboxylic acids is 3. The molecule has 5 nitrogen and oxygen atoms in total. The number of alkyl carbamates (subject to hydrolysis) is 1. The Morgan fingerprint density at radius 3 is 2.57 bits per heavy atom. The maximum absolute atomic E-state index is 10.7. The number of amides is 1. The molecular formula is C9H15NO4. The lowest BCUT2D eigenvalue weighted by atomic mass is 10.3. The van der Waals surface area contributed by atoms with E-state index in [0.717, 1.165) is 12.8 Å². The minimum atomic E-state index is -0.363. The molecule has 0 saturated carbocycles. The van der Waals surface area contributed by atoms with Crippen LogP contribution in [0.3, 0.4) is 0 Å². The van der Waals surface area contributed by atoms with E-state index < -0.39 is 0 Å². The van der Waals surface area contributed by atoms with Crippen LogP contribution in [0.2, 0.25) is 0 Å². The maximum atomic E-state index is 10.7. The van der Waals surface area contributed by atoms with Crippen molar-refractivity contribution in [3.8, 4) is 0 Å². The molecule has 0 aromatic carbocycles. The second kappa shape index (κ2) is 13.9. The van der Waals surface area contributed by atoms with Crippen molar-refractivity contribution in [2.75, 3.05) is 13.2 Å². The van der Waals surface area contributed by atoms with Crippen LogP contribution < -0.4 is 5.32 Å². The summed E-state index contributed by atoms with van der Waals surface area (Å²) in [6, 6.07) is 0. The molecule has 1 N–H and O–H groups in total. The summed E-state index contributed by atoms with van der Waals surface area (Å²) < 4.78 is 4.67. The zero-order chi connectivity index (χ0) is 11.2. The summed E-state index contributed by atoms with van der Waals surface area (Å²) in [5.41, 5.74) is 0. The minimum Gasteiger partial charge on any atom is -0.445 e. The Balaban J connectivity index is 0. The first-order valence-electron chi connectivity index (χ1n) is 4.23. The molecule has 0 heterocycles. The van der Waals surface area contributed by atoms with Gasteiger partial charge in [-0.15, -0.1) is 0 Å². The van der Waals surface area contributed by atoms with Gasteiger partial charge in [-0.25, -0.2) is 4.79 Å². The van der Waals surface area contributed by atoms with Gasteiger partial charge in [-0.1, -0.05) is 26.0 Å². The molecule has 0 aliphatic carbocycles. The SMILES string of the molecule is C=CCOC(=O)NCCCC.O=C=O. The highest BCUT2D eigenvalue weighted by atomic mass is 16.5. The van der Waals surface area contributed by atoms with Crippen molar-refractivity contribution in [3.63, 3.8) is 0 Å². The lowest BCUT2D eigenvalue weighted by Crippen LogP contribution is -2.25. The largest absolute Gasteiger partial charge is 0.445 e. The summed E-state index contributed by atoms with van der Waals surface area (Å²) in [7, 11) is 0. The molecular weight excluding hydrogens is 186 g/mol. The maximum Gasteiger partial charge on any atom is 0.407 e. The molecule has 0 rings (SSSR count). The fourth-order valence-corrected chi connectivity index (χ4v) is 0.553. The summed E-state index contributed by atoms with van der Waals surface area (Å²) >= 11 is 0. The molecule has 0 aliphatic heterocycles. The molecule has 0 unspecified atom stereocenters. The Morgan fingerprint density at radius 1 is 1.57 bits per heavy atom. The molecule has 0 aliphatic rings. The van der Waals surface area contributed by atoms with Crippen molar-refractivity contribution in [1.29, 1.82) is 0 Å². The van der Waals surface area contributed by atoms with Gasteiger partial charge in [0.15, 0.2) is 0 Å². The van der Waals surface area contributed by atoms with E-state index in [1.165, 1.54) is 0 Å². The van der Waals surface area contributed by atoms with Gasteiger partial charge in [-0.2, -0.15) is 9.59 Å². The Hall–Kier alpha value is -1.61. The molecule has 0 radical (unpaired) electrons. The standard InChI is InChI=1S/C8H15NO2.CO2/c1-3-5-6-9-8(10)11-7-4-2;2-1-3/h4H,2-3,5-7H2,1H3,(H,9,10);. The summed E-state index contributed by atoms with van der Waals surface area (Å²) in [5.74, 6) is 0. The van der Waals surface area contributed by atoms with E-state index in [-0.39, 0.29) is 18.9 Å². The van der Waals surface area contributed by atoms with Crippen molar-refractivity contribution >= 4 is 12.2 Å². The van der Waals surface area contributed by atoms with E-state index >= 15 is 0 Å². The highest BCUT2D eigenvalue weighted by Crippen LogP contribution is 1.84. The second-order valence-electron chi connectivity index (χ2n) is 2.25. The molecule has 14 heavy (non-hydrogen) atoms. The average molecular weight is 201 g/mol. The zero-order valence-corrected chi connectivity index (χ0v) is 8.25. The number of unbranched alkanes of at least 4 members (excludes halogenated alkanes) is 1. The topological polar surface area (TPSA) is 72.5 Å². The lowest BCUT2D eigenvalue weighted by Gasteiger charge is -2.02. The van der Waals surface area contributed by atoms with Gasteiger partial charge in [-0.05, 0) is 6.42 Å². The van der Waals surface area contributed by atoms with E-state index in [2.05, 4.69) is 23.6 Å². The van der Waals surface area contributed by atoms with Gasteiger partial charge in [0.2, 0.25) is 0 Å². The minimum absolute atomic E-state index is 0.250. The molecule has 1 amide bonds. The van der Waals surface area contributed by atoms with E-state index in [1.54, 1.807) is 6.08 Å². The molecule has 80 valence electrons. The number of carbonyl (C=O) groups is 1. The lowest BCUT2D eigenvalue weighted by molar-refractivity contribution is -0.191. The monoisotopic (exact) mass is 201 g/mol. The smallest absolute Gasteiger partial charge is 0.407 e. The molecule has 5 heteroatoms. The predicted molar refractivity (Wildman–Crippen MR) is 49.5 cm³/mol. The van der Waals surface area contributed by atoms with Crippen molar-refractivity contribution in [3.05, 3.63) is 12.7 Å². The Labute approximate surface area is 83.1 Å². The molecule has 0 fully saturated rings. The first-order chi connectivity index (χ1) is 6.72. The van der Waals surface area contributed by atoms with Gasteiger partial charge < -0.3 is 10.1 Å². The van der Waals surface area contributed by atoms with Crippen LogP contribution >= 0.6 is 0 Å². The van der Waals surface area contributed by atoms with Crippen LogP contribution in [0.5, 0.6) is 0 Å². The molecule has 0 bridgehead atoms. The van der Waals surface area contributed by atoms with Gasteiger partial charge in [-0.3, -0.25) is 0 Å². The molecule has 0 aromatic heterocycles. The summed E-state index contributed by atoms with van der Waals surface area (Å²) in [6.07, 6.45) is 3.49. The highest BCUT2D eigenvalue weighted by Gasteiger charge is 1.96. The Kier molecular flexibility index (Phi) is 14.8. The Morgan fingerprint density at radius 2 is 2.14 bits per heavy atom. The average Bonchev–Trinajstić information content (AvgIpc) is 2.16. The van der Waals surface area contributed by atoms with Gasteiger partial charge in [0.1, 0.15) is 6.61 Å². The van der Waals surface area contributed by atoms with Gasteiger partial charge in [0.05, 0.1) is 0 Å². The summed E-state index contributed by atoms with van der Waals surface area (Å²) in [5, 5.41) is 2.61. The van der Waals surface area contributed by atoms with Gasteiger partial charge in [0.25, 0.3) is 0 Å². The van der Waals surface area contributed by atoms with Crippen molar-refractivity contribution in [1.82, 2.24) is 5.32 Å². The highest BCUT2D eigenvalue weighted by molar-refractivity contribution is 5.67. The van der Waals surface area contributed by atoms with Crippen LogP contribution in [0, 0.1) is 0 Å². The van der Waals surface area contributed by atoms with Crippen LogP contribution in [0.25, 0.3) is 0 Å². The molecule has 0 saturated heterocycles.